The molecule has 0 saturated carbocycles. The lowest BCUT2D eigenvalue weighted by atomic mass is 10.2. The van der Waals surface area contributed by atoms with Crippen LogP contribution in [0, 0.1) is 6.92 Å². The smallest absolute Gasteiger partial charge is 0.154 e. The molecule has 0 spiro atoms. The molecule has 0 fully saturated rings. The van der Waals surface area contributed by atoms with Crippen LogP contribution in [0.4, 0.5) is 0 Å². The van der Waals surface area contributed by atoms with Gasteiger partial charge in [-0.1, -0.05) is 0 Å². The predicted molar refractivity (Wildman–Crippen MR) is 59.7 cm³/mol. The third-order valence-electron chi connectivity index (χ3n) is 1.92. The maximum absolute atomic E-state index is 10.8. The Balaban J connectivity index is 2.56. The molecule has 2 rings (SSSR count). The molecule has 0 atom stereocenters. The van der Waals surface area contributed by atoms with Crippen LogP contribution in [0.2, 0.25) is 0 Å². The summed E-state index contributed by atoms with van der Waals surface area (Å²) in [6.07, 6.45) is 0.835. The molecular formula is C9H7BrN2OS. The van der Waals surface area contributed by atoms with E-state index in [4.69, 9.17) is 0 Å². The van der Waals surface area contributed by atoms with Crippen LogP contribution >= 0.6 is 27.3 Å². The SMILES string of the molecule is Cc1[nH]nc(-c2ccc(Br)s2)c1C=O. The van der Waals surface area contributed by atoms with E-state index in [1.807, 2.05) is 19.1 Å². The van der Waals surface area contributed by atoms with Gasteiger partial charge in [0.15, 0.2) is 6.29 Å². The van der Waals surface area contributed by atoms with Crippen molar-refractivity contribution < 1.29 is 4.79 Å². The normalized spacial score (nSPS) is 10.4. The van der Waals surface area contributed by atoms with Gasteiger partial charge in [0.2, 0.25) is 0 Å². The molecule has 2 aromatic heterocycles. The third kappa shape index (κ3) is 1.53. The highest BCUT2D eigenvalue weighted by Crippen LogP contribution is 2.32. The molecule has 2 aromatic rings. The quantitative estimate of drug-likeness (QED) is 0.853. The number of aldehydes is 1. The van der Waals surface area contributed by atoms with Gasteiger partial charge in [0.1, 0.15) is 5.69 Å². The van der Waals surface area contributed by atoms with Crippen molar-refractivity contribution in [3.63, 3.8) is 0 Å². The number of rotatable bonds is 2. The van der Waals surface area contributed by atoms with Gasteiger partial charge in [-0.15, -0.1) is 11.3 Å². The van der Waals surface area contributed by atoms with Gasteiger partial charge in [-0.25, -0.2) is 0 Å². The van der Waals surface area contributed by atoms with Crippen LogP contribution in [0.1, 0.15) is 16.1 Å². The Hall–Kier alpha value is -0.940. The fourth-order valence-corrected chi connectivity index (χ4v) is 2.60. The standard InChI is InChI=1S/C9H7BrN2OS/c1-5-6(4-13)9(12-11-5)7-2-3-8(10)14-7/h2-4H,1H3,(H,11,12). The average molecular weight is 271 g/mol. The second-order valence-corrected chi connectivity index (χ2v) is 5.30. The first-order chi connectivity index (χ1) is 6.72. The molecule has 0 aromatic carbocycles. The fraction of sp³-hybridized carbons (Fsp3) is 0.111. The van der Waals surface area contributed by atoms with Gasteiger partial charge >= 0.3 is 0 Å². The Morgan fingerprint density at radius 1 is 1.57 bits per heavy atom. The number of nitrogens with one attached hydrogen (secondary N) is 1. The number of aromatic nitrogens is 2. The van der Waals surface area contributed by atoms with Crippen molar-refractivity contribution >= 4 is 33.6 Å². The minimum Gasteiger partial charge on any atom is -0.298 e. The van der Waals surface area contributed by atoms with E-state index in [0.29, 0.717) is 5.56 Å². The van der Waals surface area contributed by atoms with Crippen LogP contribution in [-0.2, 0) is 0 Å². The number of carbonyl (C=O) groups excluding carboxylic acids is 1. The number of nitrogens with zero attached hydrogens (tertiary/aromatic N) is 1. The van der Waals surface area contributed by atoms with Gasteiger partial charge in [-0.05, 0) is 35.0 Å². The molecule has 2 heterocycles. The summed E-state index contributed by atoms with van der Waals surface area (Å²) in [7, 11) is 0. The van der Waals surface area contributed by atoms with Gasteiger partial charge < -0.3 is 0 Å². The summed E-state index contributed by atoms with van der Waals surface area (Å²) >= 11 is 4.93. The molecule has 3 nitrogen and oxygen atoms in total. The van der Waals surface area contributed by atoms with E-state index in [1.165, 1.54) is 0 Å². The van der Waals surface area contributed by atoms with Crippen molar-refractivity contribution in [3.05, 3.63) is 27.2 Å². The summed E-state index contributed by atoms with van der Waals surface area (Å²) in [4.78, 5) is 11.8. The zero-order valence-electron chi connectivity index (χ0n) is 7.37. The van der Waals surface area contributed by atoms with E-state index in [0.717, 1.165) is 26.3 Å². The Kier molecular flexibility index (Phi) is 2.52. The van der Waals surface area contributed by atoms with Crippen molar-refractivity contribution in [2.75, 3.05) is 0 Å². The highest BCUT2D eigenvalue weighted by molar-refractivity contribution is 9.11. The first-order valence-corrected chi connectivity index (χ1v) is 5.59. The van der Waals surface area contributed by atoms with E-state index in [2.05, 4.69) is 26.1 Å². The lowest BCUT2D eigenvalue weighted by Gasteiger charge is -1.90. The zero-order chi connectivity index (χ0) is 10.1. The van der Waals surface area contributed by atoms with Crippen LogP contribution in [0.15, 0.2) is 15.9 Å². The van der Waals surface area contributed by atoms with E-state index in [-0.39, 0.29) is 0 Å². The molecule has 0 aliphatic carbocycles. The average Bonchev–Trinajstić information content (AvgIpc) is 2.71. The Bertz CT molecular complexity index is 475. The summed E-state index contributed by atoms with van der Waals surface area (Å²) in [6, 6.07) is 3.88. The highest BCUT2D eigenvalue weighted by Gasteiger charge is 2.12. The predicted octanol–water partition coefficient (Wildman–Crippen LogP) is 3.02. The second kappa shape index (κ2) is 3.67. The molecule has 0 aliphatic heterocycles. The second-order valence-electron chi connectivity index (χ2n) is 2.83. The topological polar surface area (TPSA) is 45.8 Å². The Morgan fingerprint density at radius 2 is 2.36 bits per heavy atom. The highest BCUT2D eigenvalue weighted by atomic mass is 79.9. The number of thiophene rings is 1. The number of carbonyl (C=O) groups is 1. The molecule has 0 amide bonds. The number of halogens is 1. The van der Waals surface area contributed by atoms with E-state index in [1.54, 1.807) is 11.3 Å². The van der Waals surface area contributed by atoms with Gasteiger partial charge in [0, 0.05) is 5.69 Å². The fourth-order valence-electron chi connectivity index (χ4n) is 1.21. The van der Waals surface area contributed by atoms with Crippen LogP contribution in [0.3, 0.4) is 0 Å². The molecule has 0 radical (unpaired) electrons. The van der Waals surface area contributed by atoms with Crippen molar-refractivity contribution in [1.29, 1.82) is 0 Å². The number of H-pyrrole nitrogens is 1. The first-order valence-electron chi connectivity index (χ1n) is 3.98. The summed E-state index contributed by atoms with van der Waals surface area (Å²) < 4.78 is 1.03. The van der Waals surface area contributed by atoms with Crippen LogP contribution in [0.25, 0.3) is 10.6 Å². The Morgan fingerprint density at radius 3 is 2.93 bits per heavy atom. The molecule has 0 saturated heterocycles. The number of hydrogen-bond acceptors (Lipinski definition) is 3. The summed E-state index contributed by atoms with van der Waals surface area (Å²) in [5.41, 5.74) is 2.17. The summed E-state index contributed by atoms with van der Waals surface area (Å²) in [5.74, 6) is 0. The number of hydrogen-bond donors (Lipinski definition) is 1. The molecule has 0 unspecified atom stereocenters. The third-order valence-corrected chi connectivity index (χ3v) is 3.55. The molecule has 72 valence electrons. The molecule has 0 aliphatic rings. The molecular weight excluding hydrogens is 264 g/mol. The number of aryl methyl sites for hydroxylation is 1. The minimum atomic E-state index is 0.638. The van der Waals surface area contributed by atoms with Crippen LogP contribution in [-0.4, -0.2) is 16.5 Å². The van der Waals surface area contributed by atoms with Crippen LogP contribution < -0.4 is 0 Å². The van der Waals surface area contributed by atoms with Gasteiger partial charge in [0.05, 0.1) is 14.2 Å². The Labute approximate surface area is 93.3 Å². The van der Waals surface area contributed by atoms with Gasteiger partial charge in [0.25, 0.3) is 0 Å². The molecule has 0 bridgehead atoms. The van der Waals surface area contributed by atoms with Crippen molar-refractivity contribution in [2.45, 2.75) is 6.92 Å². The van der Waals surface area contributed by atoms with E-state index >= 15 is 0 Å². The molecule has 1 N–H and O–H groups in total. The lowest BCUT2D eigenvalue weighted by Crippen LogP contribution is -1.82. The van der Waals surface area contributed by atoms with Gasteiger partial charge in [-0.2, -0.15) is 5.10 Å². The van der Waals surface area contributed by atoms with E-state index in [9.17, 15) is 4.79 Å². The summed E-state index contributed by atoms with van der Waals surface area (Å²) in [6.45, 7) is 1.84. The van der Waals surface area contributed by atoms with Gasteiger partial charge in [-0.3, -0.25) is 9.89 Å². The minimum absolute atomic E-state index is 0.638. The first kappa shape index (κ1) is 9.61. The largest absolute Gasteiger partial charge is 0.298 e. The molecule has 14 heavy (non-hydrogen) atoms. The molecule has 5 heteroatoms. The zero-order valence-corrected chi connectivity index (χ0v) is 9.78. The lowest BCUT2D eigenvalue weighted by molar-refractivity contribution is 0.112. The maximum Gasteiger partial charge on any atom is 0.154 e. The van der Waals surface area contributed by atoms with Crippen molar-refractivity contribution in [1.82, 2.24) is 10.2 Å². The summed E-state index contributed by atoms with van der Waals surface area (Å²) in [5, 5.41) is 6.91. The van der Waals surface area contributed by atoms with Crippen LogP contribution in [0.5, 0.6) is 0 Å². The number of aromatic amines is 1. The van der Waals surface area contributed by atoms with Crippen molar-refractivity contribution in [3.8, 4) is 10.6 Å². The monoisotopic (exact) mass is 270 g/mol. The van der Waals surface area contributed by atoms with Crippen molar-refractivity contribution in [2.24, 2.45) is 0 Å². The maximum atomic E-state index is 10.8. The van der Waals surface area contributed by atoms with E-state index < -0.39 is 0 Å².